The van der Waals surface area contributed by atoms with Gasteiger partial charge in [-0.15, -0.1) is 0 Å². The SMILES string of the molecule is C=C(c1ccccc1)c1ccc2nc(NCCCCC)[nH]c2c1. The highest BCUT2D eigenvalue weighted by atomic mass is 15.1. The summed E-state index contributed by atoms with van der Waals surface area (Å²) in [6.45, 7) is 7.40. The molecule has 0 spiro atoms. The van der Waals surface area contributed by atoms with Crippen LogP contribution >= 0.6 is 0 Å². The zero-order valence-electron chi connectivity index (χ0n) is 13.6. The number of anilines is 1. The monoisotopic (exact) mass is 305 g/mol. The van der Waals surface area contributed by atoms with Gasteiger partial charge in [0.1, 0.15) is 0 Å². The zero-order valence-corrected chi connectivity index (χ0v) is 13.6. The molecule has 0 aliphatic heterocycles. The molecular weight excluding hydrogens is 282 g/mol. The summed E-state index contributed by atoms with van der Waals surface area (Å²) in [5, 5.41) is 3.36. The second-order valence-corrected chi connectivity index (χ2v) is 5.80. The molecule has 0 saturated heterocycles. The molecular formula is C20H23N3. The number of hydrogen-bond acceptors (Lipinski definition) is 2. The fourth-order valence-corrected chi connectivity index (χ4v) is 2.67. The van der Waals surface area contributed by atoms with Gasteiger partial charge in [-0.2, -0.15) is 0 Å². The highest BCUT2D eigenvalue weighted by Crippen LogP contribution is 2.25. The smallest absolute Gasteiger partial charge is 0.201 e. The molecule has 1 heterocycles. The zero-order chi connectivity index (χ0) is 16.1. The highest BCUT2D eigenvalue weighted by molar-refractivity contribution is 5.86. The molecule has 0 amide bonds. The summed E-state index contributed by atoms with van der Waals surface area (Å²) in [6, 6.07) is 16.5. The summed E-state index contributed by atoms with van der Waals surface area (Å²) in [4.78, 5) is 7.94. The lowest BCUT2D eigenvalue weighted by atomic mass is 9.99. The van der Waals surface area contributed by atoms with E-state index >= 15 is 0 Å². The average Bonchev–Trinajstić information content (AvgIpc) is 3.00. The maximum Gasteiger partial charge on any atom is 0.201 e. The average molecular weight is 305 g/mol. The van der Waals surface area contributed by atoms with Gasteiger partial charge in [-0.25, -0.2) is 4.98 Å². The summed E-state index contributed by atoms with van der Waals surface area (Å²) in [6.07, 6.45) is 3.64. The van der Waals surface area contributed by atoms with Crippen LogP contribution in [0.15, 0.2) is 55.1 Å². The van der Waals surface area contributed by atoms with Crippen molar-refractivity contribution in [2.24, 2.45) is 0 Å². The first-order valence-electron chi connectivity index (χ1n) is 8.26. The predicted molar refractivity (Wildman–Crippen MR) is 98.7 cm³/mol. The number of hydrogen-bond donors (Lipinski definition) is 2. The van der Waals surface area contributed by atoms with Gasteiger partial charge in [0.15, 0.2) is 0 Å². The van der Waals surface area contributed by atoms with Crippen molar-refractivity contribution in [1.82, 2.24) is 9.97 Å². The van der Waals surface area contributed by atoms with Gasteiger partial charge in [0.25, 0.3) is 0 Å². The van der Waals surface area contributed by atoms with E-state index in [1.54, 1.807) is 0 Å². The molecule has 3 aromatic rings. The Hall–Kier alpha value is -2.55. The van der Waals surface area contributed by atoms with E-state index in [1.165, 1.54) is 19.3 Å². The molecule has 0 radical (unpaired) electrons. The van der Waals surface area contributed by atoms with E-state index in [0.717, 1.165) is 40.2 Å². The van der Waals surface area contributed by atoms with Crippen molar-refractivity contribution in [3.05, 3.63) is 66.2 Å². The molecule has 3 nitrogen and oxygen atoms in total. The largest absolute Gasteiger partial charge is 0.356 e. The number of H-pyrrole nitrogens is 1. The third-order valence-electron chi connectivity index (χ3n) is 4.03. The van der Waals surface area contributed by atoms with E-state index in [0.29, 0.717) is 0 Å². The van der Waals surface area contributed by atoms with E-state index in [-0.39, 0.29) is 0 Å². The van der Waals surface area contributed by atoms with Crippen LogP contribution in [0.4, 0.5) is 5.95 Å². The maximum atomic E-state index is 4.59. The summed E-state index contributed by atoms with van der Waals surface area (Å²) < 4.78 is 0. The van der Waals surface area contributed by atoms with Gasteiger partial charge >= 0.3 is 0 Å². The molecule has 0 bridgehead atoms. The molecule has 3 rings (SSSR count). The van der Waals surface area contributed by atoms with Crippen LogP contribution in [0.5, 0.6) is 0 Å². The molecule has 23 heavy (non-hydrogen) atoms. The quantitative estimate of drug-likeness (QED) is 0.587. The Balaban J connectivity index is 1.78. The molecule has 118 valence electrons. The lowest BCUT2D eigenvalue weighted by Crippen LogP contribution is -2.02. The summed E-state index contributed by atoms with van der Waals surface area (Å²) >= 11 is 0. The lowest BCUT2D eigenvalue weighted by Gasteiger charge is -2.05. The minimum Gasteiger partial charge on any atom is -0.356 e. The molecule has 0 atom stereocenters. The Morgan fingerprint density at radius 1 is 1.09 bits per heavy atom. The number of aromatic nitrogens is 2. The van der Waals surface area contributed by atoms with Crippen molar-refractivity contribution in [2.45, 2.75) is 26.2 Å². The van der Waals surface area contributed by atoms with Gasteiger partial charge in [-0.05, 0) is 35.3 Å². The fraction of sp³-hybridized carbons (Fsp3) is 0.250. The number of nitrogens with zero attached hydrogens (tertiary/aromatic N) is 1. The summed E-state index contributed by atoms with van der Waals surface area (Å²) in [7, 11) is 0. The normalized spacial score (nSPS) is 10.8. The van der Waals surface area contributed by atoms with Crippen LogP contribution in [-0.4, -0.2) is 16.5 Å². The van der Waals surface area contributed by atoms with Gasteiger partial charge in [-0.1, -0.05) is 62.7 Å². The standard InChI is InChI=1S/C20H23N3/c1-3-4-8-13-21-20-22-18-12-11-17(14-19(18)23-20)15(2)16-9-6-5-7-10-16/h5-7,9-12,14H,2-4,8,13H2,1H3,(H2,21,22,23). The Morgan fingerprint density at radius 3 is 2.70 bits per heavy atom. The third-order valence-corrected chi connectivity index (χ3v) is 4.03. The predicted octanol–water partition coefficient (Wildman–Crippen LogP) is 5.23. The second-order valence-electron chi connectivity index (χ2n) is 5.80. The van der Waals surface area contributed by atoms with Crippen LogP contribution in [0.2, 0.25) is 0 Å². The number of aromatic amines is 1. The molecule has 0 aliphatic carbocycles. The van der Waals surface area contributed by atoms with Crippen molar-refractivity contribution in [3.63, 3.8) is 0 Å². The molecule has 0 fully saturated rings. The Kier molecular flexibility index (Phi) is 4.77. The van der Waals surface area contributed by atoms with Crippen LogP contribution in [-0.2, 0) is 0 Å². The van der Waals surface area contributed by atoms with Crippen LogP contribution in [0.3, 0.4) is 0 Å². The molecule has 0 unspecified atom stereocenters. The van der Waals surface area contributed by atoms with Crippen molar-refractivity contribution in [2.75, 3.05) is 11.9 Å². The first kappa shape index (κ1) is 15.3. The maximum absolute atomic E-state index is 4.59. The van der Waals surface area contributed by atoms with E-state index in [4.69, 9.17) is 0 Å². The van der Waals surface area contributed by atoms with Gasteiger partial charge < -0.3 is 10.3 Å². The minimum atomic E-state index is 0.846. The molecule has 0 aliphatic rings. The van der Waals surface area contributed by atoms with Gasteiger partial charge in [0, 0.05) is 6.54 Å². The van der Waals surface area contributed by atoms with Crippen LogP contribution < -0.4 is 5.32 Å². The lowest BCUT2D eigenvalue weighted by molar-refractivity contribution is 0.741. The Bertz CT molecular complexity index is 787. The second kappa shape index (κ2) is 7.14. The van der Waals surface area contributed by atoms with E-state index in [2.05, 4.69) is 53.1 Å². The van der Waals surface area contributed by atoms with Crippen LogP contribution in [0.25, 0.3) is 16.6 Å². The Labute approximate surface area is 137 Å². The summed E-state index contributed by atoms with van der Waals surface area (Å²) in [5.74, 6) is 0.846. The molecule has 0 saturated carbocycles. The highest BCUT2D eigenvalue weighted by Gasteiger charge is 2.06. The van der Waals surface area contributed by atoms with E-state index in [1.807, 2.05) is 24.3 Å². The topological polar surface area (TPSA) is 40.7 Å². The van der Waals surface area contributed by atoms with Crippen molar-refractivity contribution < 1.29 is 0 Å². The van der Waals surface area contributed by atoms with Crippen molar-refractivity contribution in [1.29, 1.82) is 0 Å². The molecule has 2 aromatic carbocycles. The first-order chi connectivity index (χ1) is 11.3. The van der Waals surface area contributed by atoms with E-state index in [9.17, 15) is 0 Å². The number of fused-ring (bicyclic) bond motifs is 1. The van der Waals surface area contributed by atoms with Gasteiger partial charge in [-0.3, -0.25) is 0 Å². The molecule has 2 N–H and O–H groups in total. The van der Waals surface area contributed by atoms with Crippen LogP contribution in [0.1, 0.15) is 37.3 Å². The Morgan fingerprint density at radius 2 is 1.91 bits per heavy atom. The minimum absolute atomic E-state index is 0.846. The van der Waals surface area contributed by atoms with Crippen molar-refractivity contribution in [3.8, 4) is 0 Å². The third kappa shape index (κ3) is 3.62. The first-order valence-corrected chi connectivity index (χ1v) is 8.26. The van der Waals surface area contributed by atoms with Crippen LogP contribution in [0, 0.1) is 0 Å². The molecule has 3 heteroatoms. The summed E-state index contributed by atoms with van der Waals surface area (Å²) in [5.41, 5.74) is 5.30. The molecule has 1 aromatic heterocycles. The fourth-order valence-electron chi connectivity index (χ4n) is 2.67. The number of unbranched alkanes of at least 4 members (excludes halogenated alkanes) is 2. The number of imidazole rings is 1. The van der Waals surface area contributed by atoms with Crippen molar-refractivity contribution >= 4 is 22.6 Å². The number of nitrogens with one attached hydrogen (secondary N) is 2. The number of rotatable bonds is 7. The van der Waals surface area contributed by atoms with E-state index < -0.39 is 0 Å². The van der Waals surface area contributed by atoms with Gasteiger partial charge in [0.2, 0.25) is 5.95 Å². The number of benzene rings is 2. The van der Waals surface area contributed by atoms with Gasteiger partial charge in [0.05, 0.1) is 11.0 Å².